The highest BCUT2D eigenvalue weighted by Gasteiger charge is 2.17. The molecule has 1 amide bonds. The van der Waals surface area contributed by atoms with Gasteiger partial charge in [-0.25, -0.2) is 4.98 Å². The fraction of sp³-hybridized carbons (Fsp3) is 0.125. The summed E-state index contributed by atoms with van der Waals surface area (Å²) in [4.78, 5) is 18.1. The Bertz CT molecular complexity index is 860. The second kappa shape index (κ2) is 6.02. The molecule has 0 atom stereocenters. The maximum absolute atomic E-state index is 12.6. The van der Waals surface area contributed by atoms with Gasteiger partial charge in [-0.3, -0.25) is 9.20 Å². The van der Waals surface area contributed by atoms with Gasteiger partial charge in [-0.1, -0.05) is 17.7 Å². The van der Waals surface area contributed by atoms with Gasteiger partial charge < -0.3 is 5.32 Å². The Hall–Kier alpha value is -1.98. The lowest BCUT2D eigenvalue weighted by Gasteiger charge is -2.07. The van der Waals surface area contributed by atoms with Crippen LogP contribution in [-0.2, 0) is 0 Å². The molecule has 0 saturated heterocycles. The van der Waals surface area contributed by atoms with Gasteiger partial charge in [0.25, 0.3) is 5.91 Å². The van der Waals surface area contributed by atoms with Gasteiger partial charge in [-0.2, -0.15) is 0 Å². The summed E-state index contributed by atoms with van der Waals surface area (Å²) in [6, 6.07) is 11.2. The number of benzene rings is 1. The number of imidazole rings is 1. The maximum atomic E-state index is 12.6. The Labute approximate surface area is 137 Å². The summed E-state index contributed by atoms with van der Waals surface area (Å²) in [7, 11) is 0. The van der Waals surface area contributed by atoms with E-state index in [-0.39, 0.29) is 5.91 Å². The quantitative estimate of drug-likeness (QED) is 0.729. The van der Waals surface area contributed by atoms with Gasteiger partial charge in [0.2, 0.25) is 0 Å². The molecule has 0 aliphatic heterocycles. The fourth-order valence-electron chi connectivity index (χ4n) is 2.30. The van der Waals surface area contributed by atoms with Crippen LogP contribution in [0.2, 0.25) is 5.02 Å². The predicted octanol–water partition coefficient (Wildman–Crippen LogP) is 4.27. The molecule has 0 bridgehead atoms. The van der Waals surface area contributed by atoms with Crippen LogP contribution in [0, 0.1) is 6.92 Å². The second-order valence-corrected chi connectivity index (χ2v) is 6.12. The third-order valence-corrected chi connectivity index (χ3v) is 4.27. The monoisotopic (exact) mass is 331 g/mol. The van der Waals surface area contributed by atoms with E-state index in [9.17, 15) is 4.79 Å². The number of carbonyl (C=O) groups excluding carboxylic acids is 1. The number of aromatic nitrogens is 2. The minimum Gasteiger partial charge on any atom is -0.321 e. The van der Waals surface area contributed by atoms with Crippen LogP contribution in [0.25, 0.3) is 5.65 Å². The maximum Gasteiger partial charge on any atom is 0.274 e. The van der Waals surface area contributed by atoms with Crippen LogP contribution in [0.4, 0.5) is 5.69 Å². The second-order valence-electron chi connectivity index (χ2n) is 4.81. The van der Waals surface area contributed by atoms with E-state index in [1.54, 1.807) is 34.5 Å². The van der Waals surface area contributed by atoms with E-state index in [0.717, 1.165) is 10.6 Å². The Kier molecular flexibility index (Phi) is 4.09. The smallest absolute Gasteiger partial charge is 0.274 e. The fourth-order valence-corrected chi connectivity index (χ4v) is 2.92. The number of pyridine rings is 1. The first-order chi connectivity index (χ1) is 10.6. The molecular formula is C16H14ClN3OS. The first kappa shape index (κ1) is 14.9. The first-order valence-corrected chi connectivity index (χ1v) is 8.28. The normalized spacial score (nSPS) is 10.9. The molecule has 2 aromatic heterocycles. The van der Waals surface area contributed by atoms with E-state index in [2.05, 4.69) is 10.3 Å². The van der Waals surface area contributed by atoms with E-state index in [1.807, 2.05) is 37.4 Å². The third kappa shape index (κ3) is 2.82. The van der Waals surface area contributed by atoms with Crippen molar-refractivity contribution in [2.45, 2.75) is 11.8 Å². The van der Waals surface area contributed by atoms with Crippen molar-refractivity contribution >= 4 is 40.6 Å². The zero-order valence-corrected chi connectivity index (χ0v) is 13.7. The van der Waals surface area contributed by atoms with E-state index in [0.29, 0.717) is 22.1 Å². The Balaban J connectivity index is 1.96. The average Bonchev–Trinajstić information content (AvgIpc) is 2.82. The molecule has 3 rings (SSSR count). The molecular weight excluding hydrogens is 318 g/mol. The van der Waals surface area contributed by atoms with Crippen molar-refractivity contribution < 1.29 is 4.79 Å². The standard InChI is InChI=1S/C16H14ClN3OS/c1-10-15(20-7-6-11(17)8-14(20)18-10)16(21)19-12-4-3-5-13(9-12)22-2/h3-9H,1-2H3,(H,19,21). The van der Waals surface area contributed by atoms with E-state index >= 15 is 0 Å². The van der Waals surface area contributed by atoms with Crippen molar-refractivity contribution in [3.63, 3.8) is 0 Å². The van der Waals surface area contributed by atoms with E-state index in [4.69, 9.17) is 11.6 Å². The van der Waals surface area contributed by atoms with Gasteiger partial charge in [-0.15, -0.1) is 11.8 Å². The summed E-state index contributed by atoms with van der Waals surface area (Å²) < 4.78 is 1.75. The molecule has 2 heterocycles. The van der Waals surface area contributed by atoms with Crippen LogP contribution in [0.5, 0.6) is 0 Å². The largest absolute Gasteiger partial charge is 0.321 e. The van der Waals surface area contributed by atoms with Crippen LogP contribution in [0.1, 0.15) is 16.2 Å². The number of nitrogens with one attached hydrogen (secondary N) is 1. The molecule has 4 nitrogen and oxygen atoms in total. The number of aryl methyl sites for hydroxylation is 1. The van der Waals surface area contributed by atoms with Gasteiger partial charge in [0.1, 0.15) is 11.3 Å². The Morgan fingerprint density at radius 3 is 2.91 bits per heavy atom. The number of carbonyl (C=O) groups is 1. The lowest BCUT2D eigenvalue weighted by Crippen LogP contribution is -2.15. The molecule has 6 heteroatoms. The molecule has 0 spiro atoms. The molecule has 0 fully saturated rings. The van der Waals surface area contributed by atoms with Crippen LogP contribution >= 0.6 is 23.4 Å². The Morgan fingerprint density at radius 1 is 1.32 bits per heavy atom. The van der Waals surface area contributed by atoms with Gasteiger partial charge in [-0.05, 0) is 37.4 Å². The van der Waals surface area contributed by atoms with Crippen LogP contribution in [0.15, 0.2) is 47.5 Å². The van der Waals surface area contributed by atoms with Crippen LogP contribution in [0.3, 0.4) is 0 Å². The zero-order chi connectivity index (χ0) is 15.7. The van der Waals surface area contributed by atoms with Gasteiger partial charge in [0.15, 0.2) is 0 Å². The number of fused-ring (bicyclic) bond motifs is 1. The highest BCUT2D eigenvalue weighted by atomic mass is 35.5. The molecule has 1 N–H and O–H groups in total. The van der Waals surface area contributed by atoms with Crippen LogP contribution in [-0.4, -0.2) is 21.5 Å². The summed E-state index contributed by atoms with van der Waals surface area (Å²) >= 11 is 7.60. The predicted molar refractivity (Wildman–Crippen MR) is 91.1 cm³/mol. The number of rotatable bonds is 3. The summed E-state index contributed by atoms with van der Waals surface area (Å²) in [5, 5.41) is 3.52. The van der Waals surface area contributed by atoms with E-state index < -0.39 is 0 Å². The first-order valence-electron chi connectivity index (χ1n) is 6.68. The number of amides is 1. The molecule has 0 unspecified atom stereocenters. The number of hydrogen-bond donors (Lipinski definition) is 1. The number of thioether (sulfide) groups is 1. The van der Waals surface area contributed by atoms with Gasteiger partial charge in [0, 0.05) is 27.9 Å². The minimum absolute atomic E-state index is 0.189. The van der Waals surface area contributed by atoms with Crippen molar-refractivity contribution in [1.29, 1.82) is 0 Å². The average molecular weight is 332 g/mol. The molecule has 0 aliphatic rings. The lowest BCUT2D eigenvalue weighted by molar-refractivity contribution is 0.102. The number of nitrogens with zero attached hydrogens (tertiary/aromatic N) is 2. The highest BCUT2D eigenvalue weighted by molar-refractivity contribution is 7.98. The van der Waals surface area contributed by atoms with E-state index in [1.165, 1.54) is 0 Å². The van der Waals surface area contributed by atoms with Crippen molar-refractivity contribution in [2.24, 2.45) is 0 Å². The Morgan fingerprint density at radius 2 is 2.14 bits per heavy atom. The lowest BCUT2D eigenvalue weighted by atomic mass is 10.3. The van der Waals surface area contributed by atoms with Crippen molar-refractivity contribution in [3.05, 3.63) is 59.0 Å². The molecule has 0 saturated carbocycles. The number of anilines is 1. The SMILES string of the molecule is CSc1cccc(NC(=O)c2c(C)nc3cc(Cl)ccn23)c1. The molecule has 22 heavy (non-hydrogen) atoms. The van der Waals surface area contributed by atoms with Gasteiger partial charge >= 0.3 is 0 Å². The number of halogens is 1. The van der Waals surface area contributed by atoms with Crippen molar-refractivity contribution in [3.8, 4) is 0 Å². The molecule has 0 radical (unpaired) electrons. The molecule has 3 aromatic rings. The summed E-state index contributed by atoms with van der Waals surface area (Å²) in [6.45, 7) is 1.81. The molecule has 112 valence electrons. The third-order valence-electron chi connectivity index (χ3n) is 3.31. The zero-order valence-electron chi connectivity index (χ0n) is 12.1. The molecule has 0 aliphatic carbocycles. The topological polar surface area (TPSA) is 46.4 Å². The highest BCUT2D eigenvalue weighted by Crippen LogP contribution is 2.21. The summed E-state index contributed by atoms with van der Waals surface area (Å²) in [5.41, 5.74) is 2.61. The van der Waals surface area contributed by atoms with Crippen LogP contribution < -0.4 is 5.32 Å². The van der Waals surface area contributed by atoms with Crippen molar-refractivity contribution in [1.82, 2.24) is 9.38 Å². The minimum atomic E-state index is -0.189. The number of hydrogen-bond acceptors (Lipinski definition) is 3. The summed E-state index contributed by atoms with van der Waals surface area (Å²) in [5.74, 6) is -0.189. The van der Waals surface area contributed by atoms with Crippen molar-refractivity contribution in [2.75, 3.05) is 11.6 Å². The van der Waals surface area contributed by atoms with Gasteiger partial charge in [0.05, 0.1) is 5.69 Å². The molecule has 1 aromatic carbocycles. The summed E-state index contributed by atoms with van der Waals surface area (Å²) in [6.07, 6.45) is 3.75.